The van der Waals surface area contributed by atoms with Crippen LogP contribution in [0.1, 0.15) is 46.0 Å². The van der Waals surface area contributed by atoms with Crippen molar-refractivity contribution in [1.29, 1.82) is 0 Å². The van der Waals surface area contributed by atoms with Crippen molar-refractivity contribution in [3.63, 3.8) is 0 Å². The Morgan fingerprint density at radius 1 is 0.750 bits per heavy atom. The Labute approximate surface area is 140 Å². The maximum Gasteiger partial charge on any atom is 0.133 e. The first-order valence-corrected chi connectivity index (χ1v) is 8.41. The van der Waals surface area contributed by atoms with Crippen LogP contribution in [0.4, 0.5) is 0 Å². The molecular weight excluding hydrogens is 314 g/mol. The molecule has 0 aromatic heterocycles. The van der Waals surface area contributed by atoms with Crippen molar-refractivity contribution < 1.29 is 9.59 Å². The Morgan fingerprint density at radius 2 is 1.33 bits per heavy atom. The molecule has 24 heavy (non-hydrogen) atoms. The number of nitrogens with zero attached hydrogens (tertiary/aromatic N) is 3. The fourth-order valence-corrected chi connectivity index (χ4v) is 4.67. The molecule has 7 unspecified atom stereocenters. The average molecular weight is 337 g/mol. The minimum absolute atomic E-state index is 0.0593. The van der Waals surface area contributed by atoms with Gasteiger partial charge in [-0.2, -0.15) is 14.7 Å². The van der Waals surface area contributed by atoms with E-state index in [1.54, 1.807) is 0 Å². The zero-order valence-corrected chi connectivity index (χ0v) is 14.0. The zero-order chi connectivity index (χ0) is 17.9. The summed E-state index contributed by atoms with van der Waals surface area (Å²) in [5, 5.41) is 9.25. The lowest BCUT2D eigenvalue weighted by Gasteiger charge is -2.44. The second-order valence-electron chi connectivity index (χ2n) is 7.15. The molecule has 0 aliphatic heterocycles. The Balaban J connectivity index is 2.34. The minimum Gasteiger partial charge on any atom is -0.300 e. The maximum atomic E-state index is 12.1. The number of carbonyl (C=O) groups excluding carboxylic acids is 2. The van der Waals surface area contributed by atoms with Crippen molar-refractivity contribution >= 4 is 11.6 Å². The topological polar surface area (TPSA) is 122 Å². The smallest absolute Gasteiger partial charge is 0.133 e. The van der Waals surface area contributed by atoms with E-state index in [9.17, 15) is 24.3 Å². The van der Waals surface area contributed by atoms with Crippen LogP contribution >= 0.6 is 0 Å². The van der Waals surface area contributed by atoms with Crippen LogP contribution in [-0.2, 0) is 9.59 Å². The first-order valence-electron chi connectivity index (χ1n) is 8.41. The third kappa shape index (κ3) is 3.62. The summed E-state index contributed by atoms with van der Waals surface area (Å²) in [6.07, 6.45) is 1.97. The van der Waals surface area contributed by atoms with Gasteiger partial charge in [0.05, 0.1) is 18.1 Å². The molecule has 0 heterocycles. The highest BCUT2D eigenvalue weighted by Crippen LogP contribution is 2.47. The van der Waals surface area contributed by atoms with Gasteiger partial charge in [-0.1, -0.05) is 15.5 Å². The van der Waals surface area contributed by atoms with Crippen LogP contribution in [-0.4, -0.2) is 29.7 Å². The van der Waals surface area contributed by atoms with E-state index in [1.165, 1.54) is 13.8 Å². The summed E-state index contributed by atoms with van der Waals surface area (Å²) >= 11 is 0. The van der Waals surface area contributed by atoms with E-state index >= 15 is 0 Å². The molecule has 2 rings (SSSR count). The maximum absolute atomic E-state index is 12.1. The summed E-state index contributed by atoms with van der Waals surface area (Å²) in [4.78, 5) is 57.4. The number of hydrogen-bond acceptors (Lipinski definition) is 8. The predicted octanol–water partition coefficient (Wildman–Crippen LogP) is 3.01. The van der Waals surface area contributed by atoms with Gasteiger partial charge in [0, 0.05) is 11.8 Å². The van der Waals surface area contributed by atoms with E-state index in [1.807, 2.05) is 0 Å². The van der Waals surface area contributed by atoms with E-state index in [0.29, 0.717) is 25.7 Å². The van der Waals surface area contributed by atoms with Crippen molar-refractivity contribution in [2.24, 2.45) is 39.2 Å². The van der Waals surface area contributed by atoms with Crippen molar-refractivity contribution in [2.75, 3.05) is 0 Å². The summed E-state index contributed by atoms with van der Waals surface area (Å²) in [5.74, 6) is -1.64. The standard InChI is InChI=1S/C16H23N3O5/c1-8(20)13-5-10(17-22)3-4-12(13)16-14(9(2)21)6-11(18-23)7-15(16)19-24/h10-16H,3-7H2,1-2H3. The number of ketones is 2. The summed E-state index contributed by atoms with van der Waals surface area (Å²) in [5.41, 5.74) is 0. The fourth-order valence-electron chi connectivity index (χ4n) is 4.67. The number of rotatable bonds is 6. The monoisotopic (exact) mass is 337 g/mol. The third-order valence-corrected chi connectivity index (χ3v) is 5.80. The SMILES string of the molecule is CC(=O)C1CC(N=O)CCC1C1C(N=O)CC(N=O)CC1C(C)=O. The first kappa shape index (κ1) is 18.5. The molecule has 2 aliphatic carbocycles. The van der Waals surface area contributed by atoms with Gasteiger partial charge >= 0.3 is 0 Å². The van der Waals surface area contributed by atoms with Gasteiger partial charge in [0.25, 0.3) is 0 Å². The van der Waals surface area contributed by atoms with E-state index in [2.05, 4.69) is 15.5 Å². The van der Waals surface area contributed by atoms with E-state index in [0.717, 1.165) is 0 Å². The van der Waals surface area contributed by atoms with Crippen LogP contribution in [0.3, 0.4) is 0 Å². The summed E-state index contributed by atoms with van der Waals surface area (Å²) in [6.45, 7) is 2.91. The molecule has 0 spiro atoms. The molecule has 132 valence electrons. The minimum atomic E-state index is -0.706. The molecular formula is C16H23N3O5. The predicted molar refractivity (Wildman–Crippen MR) is 87.2 cm³/mol. The highest BCUT2D eigenvalue weighted by molar-refractivity contribution is 5.80. The summed E-state index contributed by atoms with van der Waals surface area (Å²) in [6, 6.07) is -1.70. The van der Waals surface area contributed by atoms with Crippen LogP contribution in [0.15, 0.2) is 15.5 Å². The van der Waals surface area contributed by atoms with Crippen LogP contribution in [0.25, 0.3) is 0 Å². The van der Waals surface area contributed by atoms with Gasteiger partial charge in [-0.25, -0.2) is 0 Å². The molecule has 0 bridgehead atoms. The second-order valence-corrected chi connectivity index (χ2v) is 7.15. The molecule has 0 aromatic carbocycles. The van der Waals surface area contributed by atoms with Crippen molar-refractivity contribution in [1.82, 2.24) is 0 Å². The Bertz CT molecular complexity index is 538. The Kier molecular flexibility index (Phi) is 6.01. The van der Waals surface area contributed by atoms with Crippen molar-refractivity contribution in [3.05, 3.63) is 14.7 Å². The lowest BCUT2D eigenvalue weighted by molar-refractivity contribution is -0.131. The Hall–Kier alpha value is -1.86. The lowest BCUT2D eigenvalue weighted by Crippen LogP contribution is -2.48. The van der Waals surface area contributed by atoms with Crippen LogP contribution in [0.2, 0.25) is 0 Å². The fraction of sp³-hybridized carbons (Fsp3) is 0.875. The van der Waals surface area contributed by atoms with Gasteiger partial charge in [0.2, 0.25) is 0 Å². The van der Waals surface area contributed by atoms with Gasteiger partial charge in [-0.05, 0) is 57.8 Å². The molecule has 0 aromatic rings. The van der Waals surface area contributed by atoms with Gasteiger partial charge < -0.3 is 0 Å². The molecule has 2 aliphatic rings. The third-order valence-electron chi connectivity index (χ3n) is 5.80. The van der Waals surface area contributed by atoms with E-state index < -0.39 is 30.0 Å². The zero-order valence-electron chi connectivity index (χ0n) is 14.0. The van der Waals surface area contributed by atoms with Gasteiger partial charge in [0.1, 0.15) is 11.6 Å². The molecule has 2 fully saturated rings. The molecule has 0 amide bonds. The molecule has 7 atom stereocenters. The normalized spacial score (nSPS) is 39.7. The number of carbonyl (C=O) groups is 2. The molecule has 0 radical (unpaired) electrons. The highest BCUT2D eigenvalue weighted by Gasteiger charge is 2.49. The molecule has 8 heteroatoms. The van der Waals surface area contributed by atoms with Gasteiger partial charge in [-0.15, -0.1) is 0 Å². The Morgan fingerprint density at radius 3 is 1.83 bits per heavy atom. The molecule has 0 saturated heterocycles. The van der Waals surface area contributed by atoms with Crippen LogP contribution < -0.4 is 0 Å². The highest BCUT2D eigenvalue weighted by atomic mass is 16.3. The van der Waals surface area contributed by atoms with Crippen LogP contribution in [0, 0.1) is 38.4 Å². The van der Waals surface area contributed by atoms with Crippen LogP contribution in [0.5, 0.6) is 0 Å². The number of hydrogen-bond donors (Lipinski definition) is 0. The van der Waals surface area contributed by atoms with Gasteiger partial charge in [-0.3, -0.25) is 9.59 Å². The van der Waals surface area contributed by atoms with Crippen molar-refractivity contribution in [2.45, 2.75) is 64.1 Å². The number of nitroso groups, excluding NO2 is 3. The largest absolute Gasteiger partial charge is 0.300 e. The van der Waals surface area contributed by atoms with E-state index in [-0.39, 0.29) is 29.8 Å². The lowest BCUT2D eigenvalue weighted by atomic mass is 9.59. The van der Waals surface area contributed by atoms with E-state index in [4.69, 9.17) is 0 Å². The first-order chi connectivity index (χ1) is 11.4. The van der Waals surface area contributed by atoms with Gasteiger partial charge in [0.15, 0.2) is 0 Å². The molecule has 0 N–H and O–H groups in total. The summed E-state index contributed by atoms with van der Waals surface area (Å²) < 4.78 is 0. The molecule has 2 saturated carbocycles. The molecule has 8 nitrogen and oxygen atoms in total. The average Bonchev–Trinajstić information content (AvgIpc) is 2.59. The quantitative estimate of drug-likeness (QED) is 0.689. The summed E-state index contributed by atoms with van der Waals surface area (Å²) in [7, 11) is 0. The number of Topliss-reactive ketones (excluding diaryl/α,β-unsaturated/α-hetero) is 2. The van der Waals surface area contributed by atoms with Crippen molar-refractivity contribution in [3.8, 4) is 0 Å². The second kappa shape index (κ2) is 7.81.